The van der Waals surface area contributed by atoms with Gasteiger partial charge >= 0.3 is 51.2 Å². The molecule has 4 fully saturated rings. The Balaban J connectivity index is 0.000000216. The fourth-order valence-corrected chi connectivity index (χ4v) is 15.7. The fourth-order valence-electron chi connectivity index (χ4n) is 14.1. The molecule has 4 aliphatic carbocycles. The summed E-state index contributed by atoms with van der Waals surface area (Å²) >= 11 is 0. The van der Waals surface area contributed by atoms with Crippen molar-refractivity contribution >= 4 is 66.0 Å². The van der Waals surface area contributed by atoms with Crippen LogP contribution in [0.15, 0.2) is 98.1 Å². The van der Waals surface area contributed by atoms with Crippen LogP contribution in [0.25, 0.3) is 44.3 Å². The Labute approximate surface area is 514 Å². The minimum Gasteiger partial charge on any atom is -0.870 e. The maximum atomic E-state index is 13.3. The van der Waals surface area contributed by atoms with E-state index in [0.29, 0.717) is 37.0 Å². The molecule has 4 aromatic carbocycles. The molecule has 6 aromatic rings. The van der Waals surface area contributed by atoms with E-state index in [1.165, 1.54) is 57.3 Å². The predicted octanol–water partition coefficient (Wildman–Crippen LogP) is 6.15. The number of nitrogens with one attached hydrogen (secondary N) is 2. The van der Waals surface area contributed by atoms with E-state index >= 15 is 0 Å². The summed E-state index contributed by atoms with van der Waals surface area (Å²) in [6, 6.07) is 22.7. The molecule has 20 nitrogen and oxygen atoms in total. The molecule has 2 aliphatic heterocycles. The number of hydrogen-bond acceptors (Lipinski definition) is 12. The van der Waals surface area contributed by atoms with Crippen LogP contribution in [0.3, 0.4) is 0 Å². The smallest absolute Gasteiger partial charge is 0.870 e. The summed E-state index contributed by atoms with van der Waals surface area (Å²) in [6.45, 7) is 7.94. The monoisotopic (exact) mass is 1210 g/mol. The van der Waals surface area contributed by atoms with Crippen molar-refractivity contribution in [1.29, 1.82) is 0 Å². The minimum absolute atomic E-state index is 0. The summed E-state index contributed by atoms with van der Waals surface area (Å²) < 4.78 is 77.9. The van der Waals surface area contributed by atoms with Crippen molar-refractivity contribution in [3.05, 3.63) is 131 Å². The summed E-state index contributed by atoms with van der Waals surface area (Å²) in [5.74, 6) is -0.621. The molecule has 4 saturated carbocycles. The van der Waals surface area contributed by atoms with Gasteiger partial charge < -0.3 is 39.4 Å². The number of aromatic nitrogens is 2. The number of likely N-dealkylation sites (N-methyl/N-ethyl adjacent to an activating group) is 2. The molecule has 12 rings (SSSR count). The number of ether oxygens (including phenoxy) is 3. The molecule has 0 radical (unpaired) electrons. The van der Waals surface area contributed by atoms with E-state index in [4.69, 9.17) is 14.2 Å². The van der Waals surface area contributed by atoms with Gasteiger partial charge in [0, 0.05) is 96.2 Å². The van der Waals surface area contributed by atoms with Crippen molar-refractivity contribution < 1.29 is 85.1 Å². The zero-order chi connectivity index (χ0) is 58.9. The van der Waals surface area contributed by atoms with Crippen LogP contribution in [0.5, 0.6) is 11.5 Å². The first-order valence-electron chi connectivity index (χ1n) is 28.6. The van der Waals surface area contributed by atoms with Crippen LogP contribution < -0.4 is 37.8 Å². The molecule has 4 unspecified atom stereocenters. The molecule has 23 heteroatoms. The molecule has 6 aliphatic rings. The van der Waals surface area contributed by atoms with Gasteiger partial charge in [0.1, 0.15) is 11.5 Å². The molecular weight excluding hydrogens is 1140 g/mol. The second-order valence-corrected chi connectivity index (χ2v) is 26.9. The number of rotatable bonds is 16. The zero-order valence-electron chi connectivity index (χ0n) is 49.6. The number of carbonyl (C=O) groups is 4. The minimum atomic E-state index is -4.06. The van der Waals surface area contributed by atoms with Gasteiger partial charge in [0.15, 0.2) is 0 Å². The Bertz CT molecular complexity index is 3910. The van der Waals surface area contributed by atoms with Gasteiger partial charge in [-0.2, -0.15) is 25.4 Å². The first kappa shape index (κ1) is 65.2. The first-order chi connectivity index (χ1) is 39.8. The second kappa shape index (κ2) is 25.2. The van der Waals surface area contributed by atoms with E-state index in [0.717, 1.165) is 121 Å². The third-order valence-corrected chi connectivity index (χ3v) is 21.4. The molecule has 86 heavy (non-hydrogen) atoms. The topological polar surface area (TPSA) is 286 Å². The Hall–Kier alpha value is -6.74. The van der Waals surface area contributed by atoms with E-state index in [1.807, 2.05) is 42.5 Å². The number of benzene rings is 4. The zero-order valence-corrected chi connectivity index (χ0v) is 51.2. The van der Waals surface area contributed by atoms with Gasteiger partial charge in [-0.25, -0.2) is 9.44 Å². The van der Waals surface area contributed by atoms with Crippen molar-refractivity contribution in [3.8, 4) is 34.0 Å². The van der Waals surface area contributed by atoms with Crippen molar-refractivity contribution in [2.75, 3.05) is 48.5 Å². The summed E-state index contributed by atoms with van der Waals surface area (Å²) in [5.41, 5.74) is 8.94. The predicted molar refractivity (Wildman–Crippen MR) is 323 cm³/mol. The maximum Gasteiger partial charge on any atom is 1.00 e. The molecule has 4 atom stereocenters. The van der Waals surface area contributed by atoms with Crippen LogP contribution in [-0.2, 0) is 47.8 Å². The summed E-state index contributed by atoms with van der Waals surface area (Å²) in [5, 5.41) is 12.5. The van der Waals surface area contributed by atoms with Gasteiger partial charge in [0.2, 0.25) is 0 Å². The van der Waals surface area contributed by atoms with Crippen LogP contribution in [-0.4, -0.2) is 123 Å². The van der Waals surface area contributed by atoms with Crippen LogP contribution in [0.4, 0.5) is 0 Å². The molecule has 2 aromatic heterocycles. The molecule has 0 saturated heterocycles. The molecule has 0 spiro atoms. The van der Waals surface area contributed by atoms with Gasteiger partial charge in [0.05, 0.1) is 43.5 Å². The van der Waals surface area contributed by atoms with E-state index in [9.17, 15) is 41.1 Å². The van der Waals surface area contributed by atoms with Gasteiger partial charge in [-0.05, 0) is 133 Å². The number of carboxylic acids is 1. The SMILES string of the molecule is C=CCN(C)S(=O)(=O)NC(=O)c1ccc2c(C3CCCCC3)c3n(c2c1)CC1(C(=O)O)CC1c1cc(OC)ccc1-3.C=CCN(C)S(=O)(=O)NC(=O)c1ccc2c(C3CCCCC3)c3n(c2c1)CC1(C(=O)OC)CC1c1cc(OC)ccc1-3.O.[Li+].[OH-]. The third kappa shape index (κ3) is 11.3. The van der Waals surface area contributed by atoms with Gasteiger partial charge in [0.25, 0.3) is 11.8 Å². The van der Waals surface area contributed by atoms with Crippen molar-refractivity contribution in [1.82, 2.24) is 27.2 Å². The number of carboxylic acid groups (broad SMARTS) is 1. The van der Waals surface area contributed by atoms with E-state index in [-0.39, 0.29) is 78.4 Å². The normalized spacial score (nSPS) is 21.0. The Morgan fingerprint density at radius 2 is 1.02 bits per heavy atom. The molecule has 2 amide bonds. The number of aliphatic carboxylic acids is 1. The quantitative estimate of drug-likeness (QED) is 0.0558. The second-order valence-electron chi connectivity index (χ2n) is 23.4. The molecule has 0 bridgehead atoms. The van der Waals surface area contributed by atoms with Crippen molar-refractivity contribution in [3.63, 3.8) is 0 Å². The number of esters is 1. The standard InChI is InChI=1S/C32H37N3O6S.C31H35N3O6S.Li.2H2O/c1-5-15-34(2)42(38,39)33-30(36)21-11-13-24-27(16-21)35-19-32(31(37)41-4)18-26(32)25-17-22(40-3)12-14-23(25)29(35)28(24)20-9-7-6-8-10-20;1-4-14-33(2)41(38,39)32-29(35)20-10-12-23-26(15-20)34-18-31(30(36)37)17-25(31)24-16-21(40-3)11-13-22(24)28(34)27(23)19-8-6-5-7-9-19;;;/h5,11-14,16-17,20,26H,1,6-10,15,18-19H2,2-4H3,(H,33,36);4,10-13,15-16,19,25H,1,5-9,14,17-18H2,2-3H3,(H,32,35)(H,36,37);;2*1H2/q;;+1;;/p-1. The fraction of sp³-hybridized carbons (Fsp3) is 0.429. The number of carbonyl (C=O) groups excluding carboxylic acids is 3. The van der Waals surface area contributed by atoms with Gasteiger partial charge in [-0.3, -0.25) is 19.2 Å². The van der Waals surface area contributed by atoms with E-state index in [1.54, 1.807) is 38.5 Å². The Morgan fingerprint density at radius 3 is 1.41 bits per heavy atom. The van der Waals surface area contributed by atoms with Gasteiger partial charge in [-0.15, -0.1) is 13.2 Å². The van der Waals surface area contributed by atoms with Crippen LogP contribution in [0, 0.1) is 10.8 Å². The summed E-state index contributed by atoms with van der Waals surface area (Å²) in [4.78, 5) is 52.6. The van der Waals surface area contributed by atoms with Crippen molar-refractivity contribution in [2.24, 2.45) is 10.8 Å². The first-order valence-corrected chi connectivity index (χ1v) is 31.4. The molecule has 4 heterocycles. The Kier molecular flexibility index (Phi) is 19.1. The number of fused-ring (bicyclic) bond motifs is 14. The summed E-state index contributed by atoms with van der Waals surface area (Å²) in [6.07, 6.45) is 15.3. The number of hydrogen-bond donors (Lipinski definition) is 3. The van der Waals surface area contributed by atoms with Crippen LogP contribution in [0.1, 0.15) is 144 Å². The van der Waals surface area contributed by atoms with E-state index in [2.05, 4.69) is 37.8 Å². The van der Waals surface area contributed by atoms with Gasteiger partial charge in [-0.1, -0.05) is 62.8 Å². The van der Waals surface area contributed by atoms with Crippen LogP contribution in [0.2, 0.25) is 0 Å². The molecule has 6 N–H and O–H groups in total. The number of methoxy groups -OCH3 is 3. The summed E-state index contributed by atoms with van der Waals surface area (Å²) in [7, 11) is -0.672. The number of nitrogens with zero attached hydrogens (tertiary/aromatic N) is 4. The average Bonchev–Trinajstić information content (AvgIpc) is 1.57. The molecule has 454 valence electrons. The van der Waals surface area contributed by atoms with Crippen molar-refractivity contribution in [2.45, 2.75) is 114 Å². The average molecular weight is 1210 g/mol. The Morgan fingerprint density at radius 1 is 0.628 bits per heavy atom. The largest absolute Gasteiger partial charge is 1.00 e. The number of amides is 2. The van der Waals surface area contributed by atoms with Crippen LogP contribution >= 0.6 is 0 Å². The third-order valence-electron chi connectivity index (χ3n) is 18.6. The van der Waals surface area contributed by atoms with E-state index < -0.39 is 49.0 Å². The maximum absolute atomic E-state index is 13.3. The molecular formula is C63H75LiN6O14S2.